The monoisotopic (exact) mass is 1210 g/mol. The molecule has 2 aliphatic rings. The van der Waals surface area contributed by atoms with Gasteiger partial charge in [-0.05, 0) is 103 Å². The summed E-state index contributed by atoms with van der Waals surface area (Å²) >= 11 is 0. The molecule has 14 nitrogen and oxygen atoms in total. The summed E-state index contributed by atoms with van der Waals surface area (Å²) in [7, 11) is 0. The molecule has 2 heterocycles. The van der Waals surface area contributed by atoms with E-state index >= 15 is 0 Å². The average molecular weight is 1210 g/mol. The van der Waals surface area contributed by atoms with E-state index in [1.165, 1.54) is 89.9 Å². The van der Waals surface area contributed by atoms with E-state index in [0.29, 0.717) is 12.8 Å². The molecule has 0 aliphatic carbocycles. The van der Waals surface area contributed by atoms with Crippen molar-refractivity contribution in [3.63, 3.8) is 0 Å². The first-order valence-electron chi connectivity index (χ1n) is 33.4. The van der Waals surface area contributed by atoms with Crippen molar-refractivity contribution in [3.05, 3.63) is 134 Å². The van der Waals surface area contributed by atoms with Gasteiger partial charge in [0.05, 0.1) is 32.0 Å². The van der Waals surface area contributed by atoms with Crippen molar-refractivity contribution in [1.29, 1.82) is 0 Å². The van der Waals surface area contributed by atoms with Gasteiger partial charge in [-0.3, -0.25) is 4.79 Å². The summed E-state index contributed by atoms with van der Waals surface area (Å²) in [6.45, 7) is 2.61. The summed E-state index contributed by atoms with van der Waals surface area (Å²) in [6.07, 6.45) is 65.3. The molecule has 0 bridgehead atoms. The van der Waals surface area contributed by atoms with Gasteiger partial charge in [0.2, 0.25) is 5.91 Å². The summed E-state index contributed by atoms with van der Waals surface area (Å²) in [4.78, 5) is 13.3. The summed E-state index contributed by atoms with van der Waals surface area (Å²) in [5.41, 5.74) is 0. The van der Waals surface area contributed by atoms with Gasteiger partial charge in [-0.2, -0.15) is 0 Å². The highest BCUT2D eigenvalue weighted by Crippen LogP contribution is 2.30. The fraction of sp³-hybridized carbons (Fsp3) is 0.681. The number of rotatable bonds is 52. The van der Waals surface area contributed by atoms with Crippen LogP contribution in [-0.4, -0.2) is 140 Å². The smallest absolute Gasteiger partial charge is 0.220 e. The van der Waals surface area contributed by atoms with Crippen LogP contribution in [-0.2, 0) is 23.7 Å². The molecule has 0 spiro atoms. The van der Waals surface area contributed by atoms with Crippen molar-refractivity contribution in [3.8, 4) is 0 Å². The Morgan fingerprint density at radius 3 is 1.28 bits per heavy atom. The molecule has 9 N–H and O–H groups in total. The molecule has 2 fully saturated rings. The second-order valence-corrected chi connectivity index (χ2v) is 22.9. The van der Waals surface area contributed by atoms with Gasteiger partial charge in [-0.25, -0.2) is 0 Å². The number of carbonyl (C=O) groups excluding carboxylic acids is 1. The number of allylic oxidation sites excluding steroid dienone is 21. The van der Waals surface area contributed by atoms with E-state index in [1.54, 1.807) is 6.08 Å². The van der Waals surface area contributed by atoms with Gasteiger partial charge >= 0.3 is 0 Å². The predicted octanol–water partition coefficient (Wildman–Crippen LogP) is 13.1. The first kappa shape index (κ1) is 78.2. The van der Waals surface area contributed by atoms with Crippen LogP contribution in [0.2, 0.25) is 0 Å². The average Bonchev–Trinajstić information content (AvgIpc) is 1.60. The number of hydrogen-bond donors (Lipinski definition) is 9. The molecular formula is C72H119NO13. The van der Waals surface area contributed by atoms with Crippen molar-refractivity contribution < 1.29 is 64.6 Å². The van der Waals surface area contributed by atoms with E-state index in [4.69, 9.17) is 18.9 Å². The lowest BCUT2D eigenvalue weighted by Crippen LogP contribution is -2.65. The minimum absolute atomic E-state index is 0.257. The van der Waals surface area contributed by atoms with Crippen molar-refractivity contribution in [1.82, 2.24) is 5.32 Å². The van der Waals surface area contributed by atoms with E-state index in [9.17, 15) is 45.6 Å². The topological polar surface area (TPSA) is 228 Å². The number of amides is 1. The molecule has 14 heteroatoms. The SMILES string of the molecule is CC/C=C\C/C=C\C/C=C\C/C=C\C/C=C\C/C=C\C/C=C\C/C=C\C/C=C\CCCCCCCCCCCCCCCC(=O)NC(COC1OC(CO)C(OC2OC(CO)C(O)C(O)C2O)C(O)C1O)C(O)/C=C/CC/C=C/CCCCCCC. The van der Waals surface area contributed by atoms with Gasteiger partial charge in [-0.1, -0.05) is 244 Å². The minimum Gasteiger partial charge on any atom is -0.394 e. The molecule has 2 rings (SSSR count). The maximum Gasteiger partial charge on any atom is 0.220 e. The van der Waals surface area contributed by atoms with Gasteiger partial charge in [0.25, 0.3) is 0 Å². The Morgan fingerprint density at radius 2 is 0.814 bits per heavy atom. The minimum atomic E-state index is -1.80. The quantitative estimate of drug-likeness (QED) is 0.0204. The molecule has 86 heavy (non-hydrogen) atoms. The third-order valence-corrected chi connectivity index (χ3v) is 15.3. The summed E-state index contributed by atoms with van der Waals surface area (Å²) in [5, 5.41) is 87.0. The van der Waals surface area contributed by atoms with Gasteiger partial charge in [0, 0.05) is 6.42 Å². The molecule has 0 aromatic rings. The number of nitrogens with one attached hydrogen (secondary N) is 1. The lowest BCUT2D eigenvalue weighted by molar-refractivity contribution is -0.359. The zero-order valence-corrected chi connectivity index (χ0v) is 53.0. The molecule has 0 saturated carbocycles. The van der Waals surface area contributed by atoms with Crippen LogP contribution in [0, 0.1) is 0 Å². The molecule has 0 aromatic carbocycles. The highest BCUT2D eigenvalue weighted by Gasteiger charge is 2.51. The van der Waals surface area contributed by atoms with E-state index in [2.05, 4.69) is 141 Å². The van der Waals surface area contributed by atoms with Gasteiger partial charge < -0.3 is 65.1 Å². The number of hydrogen-bond acceptors (Lipinski definition) is 13. The first-order chi connectivity index (χ1) is 42.1. The molecular weight excluding hydrogens is 1090 g/mol. The molecule has 1 amide bonds. The number of aliphatic hydroxyl groups is 8. The zero-order chi connectivity index (χ0) is 62.3. The molecule has 0 aromatic heterocycles. The van der Waals surface area contributed by atoms with Crippen LogP contribution in [0.3, 0.4) is 0 Å². The summed E-state index contributed by atoms with van der Waals surface area (Å²) < 4.78 is 22.7. The Morgan fingerprint density at radius 1 is 0.430 bits per heavy atom. The number of aliphatic hydroxyl groups excluding tert-OH is 8. The Kier molecular flexibility index (Phi) is 50.2. The largest absolute Gasteiger partial charge is 0.394 e. The van der Waals surface area contributed by atoms with Gasteiger partial charge in [0.15, 0.2) is 12.6 Å². The van der Waals surface area contributed by atoms with Crippen molar-refractivity contribution in [2.45, 2.75) is 293 Å². The zero-order valence-electron chi connectivity index (χ0n) is 53.0. The first-order valence-corrected chi connectivity index (χ1v) is 33.4. The summed E-state index contributed by atoms with van der Waals surface area (Å²) in [5.74, 6) is -0.257. The van der Waals surface area contributed by atoms with Crippen LogP contribution in [0.25, 0.3) is 0 Å². The molecule has 12 atom stereocenters. The van der Waals surface area contributed by atoms with Crippen molar-refractivity contribution >= 4 is 5.91 Å². The maximum absolute atomic E-state index is 13.3. The lowest BCUT2D eigenvalue weighted by Gasteiger charge is -2.46. The number of unbranched alkanes of at least 4 members (excludes halogenated alkanes) is 19. The molecule has 2 aliphatic heterocycles. The van der Waals surface area contributed by atoms with Gasteiger partial charge in [0.1, 0.15) is 48.8 Å². The fourth-order valence-corrected chi connectivity index (χ4v) is 10.0. The highest BCUT2D eigenvalue weighted by atomic mass is 16.7. The Bertz CT molecular complexity index is 1950. The van der Waals surface area contributed by atoms with Crippen molar-refractivity contribution in [2.75, 3.05) is 19.8 Å². The van der Waals surface area contributed by atoms with Crippen LogP contribution in [0.4, 0.5) is 0 Å². The molecule has 12 unspecified atom stereocenters. The number of carbonyl (C=O) groups is 1. The normalized spacial score (nSPS) is 24.3. The van der Waals surface area contributed by atoms with E-state index in [-0.39, 0.29) is 18.9 Å². The highest BCUT2D eigenvalue weighted by molar-refractivity contribution is 5.76. The molecule has 490 valence electrons. The van der Waals surface area contributed by atoms with E-state index in [0.717, 1.165) is 96.3 Å². The standard InChI is InChI=1S/C72H119NO13/c1-3-5-7-9-11-13-15-16-17-18-19-20-21-22-23-24-25-26-27-28-29-30-31-32-33-34-35-36-37-38-39-40-41-42-43-44-46-48-50-52-54-56-64(77)73-60(61(76)55-53-51-49-47-45-14-12-10-8-6-4-2)59-83-71-69(82)67(80)70(63(58-75)85-71)86-72-68(81)66(79)65(78)62(57-74)84-72/h5,7,11,13,16-17,19-20,22-23,25-26,28-29,31-32,34-35,45,47,53,55,60-63,65-72,74-76,78-82H,3-4,6,8-10,12,14-15,18,21,24,27,30,33,36-44,46,48-52,54,56-59H2,1-2H3,(H,73,77)/b7-5-,13-11-,17-16-,20-19-,23-22-,26-25-,29-28-,32-31-,35-34-,47-45+,55-53+. The second-order valence-electron chi connectivity index (χ2n) is 22.9. The second kappa shape index (κ2) is 55.2. The molecule has 0 radical (unpaired) electrons. The van der Waals surface area contributed by atoms with Gasteiger partial charge in [-0.15, -0.1) is 0 Å². The van der Waals surface area contributed by atoms with Crippen LogP contribution in [0.5, 0.6) is 0 Å². The van der Waals surface area contributed by atoms with E-state index in [1.807, 2.05) is 6.08 Å². The Hall–Kier alpha value is -3.87. The Balaban J connectivity index is 1.58. The fourth-order valence-electron chi connectivity index (χ4n) is 10.0. The third kappa shape index (κ3) is 39.2. The van der Waals surface area contributed by atoms with Crippen LogP contribution < -0.4 is 5.32 Å². The lowest BCUT2D eigenvalue weighted by atomic mass is 9.97. The maximum atomic E-state index is 13.3. The van der Waals surface area contributed by atoms with Crippen LogP contribution in [0.1, 0.15) is 219 Å². The van der Waals surface area contributed by atoms with E-state index < -0.39 is 86.8 Å². The summed E-state index contributed by atoms with van der Waals surface area (Å²) in [6, 6.07) is -0.938. The number of ether oxygens (including phenoxy) is 4. The van der Waals surface area contributed by atoms with Crippen molar-refractivity contribution in [2.24, 2.45) is 0 Å². The predicted molar refractivity (Wildman–Crippen MR) is 350 cm³/mol. The third-order valence-electron chi connectivity index (χ3n) is 15.3. The van der Waals surface area contributed by atoms with Crippen LogP contribution in [0.15, 0.2) is 134 Å². The van der Waals surface area contributed by atoms with Crippen LogP contribution >= 0.6 is 0 Å². The Labute approximate surface area is 520 Å². The molecule has 2 saturated heterocycles.